The summed E-state index contributed by atoms with van der Waals surface area (Å²) in [5.74, 6) is -1.76. The van der Waals surface area contributed by atoms with Crippen LogP contribution in [0.2, 0.25) is 0 Å². The van der Waals surface area contributed by atoms with Crippen molar-refractivity contribution in [1.29, 1.82) is 0 Å². The molecule has 1 aliphatic rings. The smallest absolute Gasteiger partial charge is 0.313 e. The van der Waals surface area contributed by atoms with Gasteiger partial charge in [-0.3, -0.25) is 9.59 Å². The summed E-state index contributed by atoms with van der Waals surface area (Å²) in [6.07, 6.45) is 14.7. The van der Waals surface area contributed by atoms with Gasteiger partial charge in [-0.2, -0.15) is 0 Å². The maximum atomic E-state index is 12.6. The molecule has 0 spiro atoms. The molecule has 0 aromatic rings. The second kappa shape index (κ2) is 12.9. The third-order valence-corrected chi connectivity index (χ3v) is 5.23. The van der Waals surface area contributed by atoms with Crippen LogP contribution in [0, 0.1) is 17.8 Å². The first-order valence-electron chi connectivity index (χ1n) is 10.6. The highest BCUT2D eigenvalue weighted by Crippen LogP contribution is 2.27. The van der Waals surface area contributed by atoms with Crippen LogP contribution in [0.5, 0.6) is 0 Å². The van der Waals surface area contributed by atoms with E-state index in [0.29, 0.717) is 6.42 Å². The van der Waals surface area contributed by atoms with Gasteiger partial charge in [0.25, 0.3) is 0 Å². The van der Waals surface area contributed by atoms with E-state index >= 15 is 0 Å². The molecule has 1 rings (SSSR count). The van der Waals surface area contributed by atoms with Crippen LogP contribution in [0.4, 0.5) is 0 Å². The molecule has 3 unspecified atom stereocenters. The summed E-state index contributed by atoms with van der Waals surface area (Å²) in [7, 11) is 0. The van der Waals surface area contributed by atoms with E-state index in [1.54, 1.807) is 6.08 Å². The lowest BCUT2D eigenvalue weighted by atomic mass is 9.84. The average molecular weight is 367 g/mol. The molecule has 1 aliphatic carbocycles. The highest BCUT2D eigenvalue weighted by molar-refractivity contribution is 5.83. The fourth-order valence-corrected chi connectivity index (χ4v) is 3.57. The van der Waals surface area contributed by atoms with Gasteiger partial charge in [-0.15, -0.1) is 0 Å². The lowest BCUT2D eigenvalue weighted by Crippen LogP contribution is -2.33. The van der Waals surface area contributed by atoms with Crippen LogP contribution in [0.3, 0.4) is 0 Å². The second-order valence-electron chi connectivity index (χ2n) is 8.06. The van der Waals surface area contributed by atoms with E-state index in [9.17, 15) is 14.7 Å². The summed E-state index contributed by atoms with van der Waals surface area (Å²) in [6.45, 7) is 6.64. The van der Waals surface area contributed by atoms with Crippen molar-refractivity contribution in [2.24, 2.45) is 17.8 Å². The van der Waals surface area contributed by atoms with Crippen molar-refractivity contribution in [3.05, 3.63) is 12.2 Å². The molecule has 0 saturated carbocycles. The molecule has 150 valence electrons. The van der Waals surface area contributed by atoms with Gasteiger partial charge in [-0.05, 0) is 38.0 Å². The third kappa shape index (κ3) is 8.86. The Balaban J connectivity index is 2.46. The largest absolute Gasteiger partial charge is 0.481 e. The van der Waals surface area contributed by atoms with Gasteiger partial charge in [0, 0.05) is 0 Å². The zero-order valence-electron chi connectivity index (χ0n) is 16.9. The quantitative estimate of drug-likeness (QED) is 0.256. The molecule has 0 saturated heterocycles. The number of hydrogen-bond donors (Lipinski definition) is 1. The van der Waals surface area contributed by atoms with Crippen molar-refractivity contribution in [3.8, 4) is 0 Å². The first-order chi connectivity index (χ1) is 12.5. The van der Waals surface area contributed by atoms with Gasteiger partial charge in [0.05, 0.1) is 11.8 Å². The normalized spacial score (nSPS) is 20.9. The molecule has 4 heteroatoms. The SMILES string of the molecule is CCCCC(CCCCCCC(C)C)OC(=O)C1C=CCCC1C(=O)O. The molecule has 1 N–H and O–H groups in total. The van der Waals surface area contributed by atoms with Crippen LogP contribution < -0.4 is 0 Å². The van der Waals surface area contributed by atoms with Gasteiger partial charge in [0.1, 0.15) is 6.10 Å². The Bertz CT molecular complexity index is 441. The predicted molar refractivity (Wildman–Crippen MR) is 105 cm³/mol. The van der Waals surface area contributed by atoms with E-state index in [-0.39, 0.29) is 12.1 Å². The van der Waals surface area contributed by atoms with E-state index in [4.69, 9.17) is 4.74 Å². The molecule has 26 heavy (non-hydrogen) atoms. The lowest BCUT2D eigenvalue weighted by molar-refractivity contribution is -0.160. The van der Waals surface area contributed by atoms with Crippen molar-refractivity contribution in [2.45, 2.75) is 97.5 Å². The van der Waals surface area contributed by atoms with Gasteiger partial charge in [-0.25, -0.2) is 0 Å². The Morgan fingerprint density at radius 1 is 1.08 bits per heavy atom. The minimum atomic E-state index is -0.897. The number of esters is 1. The Morgan fingerprint density at radius 2 is 1.73 bits per heavy atom. The molecule has 0 radical (unpaired) electrons. The predicted octanol–water partition coefficient (Wildman–Crippen LogP) is 5.75. The van der Waals surface area contributed by atoms with Gasteiger partial charge >= 0.3 is 11.9 Å². The first kappa shape index (κ1) is 22.7. The Morgan fingerprint density at radius 3 is 2.35 bits per heavy atom. The summed E-state index contributed by atoms with van der Waals surface area (Å²) in [5, 5.41) is 9.35. The summed E-state index contributed by atoms with van der Waals surface area (Å²) < 4.78 is 5.76. The molecule has 3 atom stereocenters. The number of carboxylic acid groups (broad SMARTS) is 1. The Hall–Kier alpha value is -1.32. The lowest BCUT2D eigenvalue weighted by Gasteiger charge is -2.25. The maximum absolute atomic E-state index is 12.6. The van der Waals surface area contributed by atoms with Crippen LogP contribution in [0.1, 0.15) is 91.4 Å². The summed E-state index contributed by atoms with van der Waals surface area (Å²) in [5.41, 5.74) is 0. The van der Waals surface area contributed by atoms with Crippen molar-refractivity contribution >= 4 is 11.9 Å². The molecule has 0 fully saturated rings. The Labute approximate surface area is 159 Å². The standard InChI is InChI=1S/C22H38O4/c1-4-5-13-18(14-9-7-6-8-12-17(2)3)26-22(25)20-16-11-10-15-19(20)21(23)24/h11,16-20H,4-10,12-15H2,1-3H3,(H,23,24). The number of ether oxygens (including phenoxy) is 1. The molecular weight excluding hydrogens is 328 g/mol. The van der Waals surface area contributed by atoms with Crippen LogP contribution >= 0.6 is 0 Å². The number of allylic oxidation sites excluding steroid dienone is 1. The van der Waals surface area contributed by atoms with E-state index < -0.39 is 17.8 Å². The highest BCUT2D eigenvalue weighted by Gasteiger charge is 2.35. The highest BCUT2D eigenvalue weighted by atomic mass is 16.5. The molecule has 0 aromatic carbocycles. The summed E-state index contributed by atoms with van der Waals surface area (Å²) in [4.78, 5) is 24.0. The molecule has 0 aliphatic heterocycles. The number of unbranched alkanes of at least 4 members (excludes halogenated alkanes) is 4. The van der Waals surface area contributed by atoms with Crippen LogP contribution in [0.25, 0.3) is 0 Å². The van der Waals surface area contributed by atoms with Crippen LogP contribution in [-0.4, -0.2) is 23.1 Å². The van der Waals surface area contributed by atoms with Gasteiger partial charge in [-0.1, -0.05) is 71.4 Å². The number of aliphatic carboxylic acids is 1. The summed E-state index contributed by atoms with van der Waals surface area (Å²) in [6, 6.07) is 0. The minimum Gasteiger partial charge on any atom is -0.481 e. The van der Waals surface area contributed by atoms with E-state index in [0.717, 1.165) is 44.4 Å². The van der Waals surface area contributed by atoms with Crippen LogP contribution in [0.15, 0.2) is 12.2 Å². The van der Waals surface area contributed by atoms with Gasteiger partial charge in [0.15, 0.2) is 0 Å². The monoisotopic (exact) mass is 366 g/mol. The molecular formula is C22H38O4. The number of carbonyl (C=O) groups is 2. The van der Waals surface area contributed by atoms with Crippen molar-refractivity contribution in [2.75, 3.05) is 0 Å². The van der Waals surface area contributed by atoms with Crippen molar-refractivity contribution in [1.82, 2.24) is 0 Å². The zero-order chi connectivity index (χ0) is 19.4. The zero-order valence-corrected chi connectivity index (χ0v) is 16.9. The minimum absolute atomic E-state index is 0.0719. The molecule has 0 aromatic heterocycles. The molecule has 0 bridgehead atoms. The van der Waals surface area contributed by atoms with E-state index in [1.807, 2.05) is 6.08 Å². The topological polar surface area (TPSA) is 63.6 Å². The average Bonchev–Trinajstić information content (AvgIpc) is 2.61. The number of carbonyl (C=O) groups excluding carboxylic acids is 1. The van der Waals surface area contributed by atoms with E-state index in [1.165, 1.54) is 25.7 Å². The van der Waals surface area contributed by atoms with Crippen molar-refractivity contribution in [3.63, 3.8) is 0 Å². The maximum Gasteiger partial charge on any atom is 0.313 e. The van der Waals surface area contributed by atoms with Gasteiger partial charge < -0.3 is 9.84 Å². The third-order valence-electron chi connectivity index (χ3n) is 5.23. The second-order valence-corrected chi connectivity index (χ2v) is 8.06. The first-order valence-corrected chi connectivity index (χ1v) is 10.6. The van der Waals surface area contributed by atoms with Gasteiger partial charge in [0.2, 0.25) is 0 Å². The Kier molecular flexibility index (Phi) is 11.3. The number of hydrogen-bond acceptors (Lipinski definition) is 3. The number of rotatable bonds is 13. The molecule has 0 heterocycles. The number of carboxylic acids is 1. The van der Waals surface area contributed by atoms with E-state index in [2.05, 4.69) is 20.8 Å². The van der Waals surface area contributed by atoms with Crippen LogP contribution in [-0.2, 0) is 14.3 Å². The molecule has 4 nitrogen and oxygen atoms in total. The molecule has 0 amide bonds. The van der Waals surface area contributed by atoms with Crippen molar-refractivity contribution < 1.29 is 19.4 Å². The summed E-state index contributed by atoms with van der Waals surface area (Å²) >= 11 is 0. The fourth-order valence-electron chi connectivity index (χ4n) is 3.57. The fraction of sp³-hybridized carbons (Fsp3) is 0.818.